The summed E-state index contributed by atoms with van der Waals surface area (Å²) < 4.78 is 10.7. The van der Waals surface area contributed by atoms with Crippen molar-refractivity contribution < 1.29 is 19.1 Å². The molecule has 1 fully saturated rings. The molecule has 0 atom stereocenters. The van der Waals surface area contributed by atoms with E-state index in [1.165, 1.54) is 18.3 Å². The summed E-state index contributed by atoms with van der Waals surface area (Å²) >= 11 is 1.22. The van der Waals surface area contributed by atoms with E-state index in [-0.39, 0.29) is 18.5 Å². The number of benzene rings is 1. The molecule has 2 aliphatic rings. The molecule has 1 amide bonds. The smallest absolute Gasteiger partial charge is 0.236 e. The fourth-order valence-corrected chi connectivity index (χ4v) is 3.82. The number of hydrogen-bond donors (Lipinski definition) is 1. The third kappa shape index (κ3) is 2.36. The summed E-state index contributed by atoms with van der Waals surface area (Å²) in [7, 11) is 0. The molecule has 24 heavy (non-hydrogen) atoms. The first kappa shape index (κ1) is 15.1. The lowest BCUT2D eigenvalue weighted by Crippen LogP contribution is -2.27. The first-order chi connectivity index (χ1) is 11.5. The minimum atomic E-state index is -0.545. The van der Waals surface area contributed by atoms with E-state index in [2.05, 4.69) is 10.3 Å². The summed E-state index contributed by atoms with van der Waals surface area (Å²) in [6.45, 7) is 3.49. The van der Waals surface area contributed by atoms with Crippen molar-refractivity contribution in [2.45, 2.75) is 32.1 Å². The first-order valence-corrected chi connectivity index (χ1v) is 8.51. The molecule has 0 bridgehead atoms. The molecule has 2 heterocycles. The minimum absolute atomic E-state index is 0.0394. The number of nitrogens with zero attached hydrogens (tertiary/aromatic N) is 1. The predicted octanol–water partition coefficient (Wildman–Crippen LogP) is 3.05. The summed E-state index contributed by atoms with van der Waals surface area (Å²) in [6.07, 6.45) is 1.56. The monoisotopic (exact) mass is 344 g/mol. The highest BCUT2D eigenvalue weighted by Gasteiger charge is 2.52. The highest BCUT2D eigenvalue weighted by atomic mass is 32.1. The molecule has 1 aliphatic heterocycles. The number of amides is 1. The number of anilines is 1. The van der Waals surface area contributed by atoms with Gasteiger partial charge in [0.2, 0.25) is 12.7 Å². The maximum atomic E-state index is 12.8. The van der Waals surface area contributed by atoms with E-state index in [1.54, 1.807) is 6.92 Å². The van der Waals surface area contributed by atoms with Gasteiger partial charge in [-0.15, -0.1) is 0 Å². The second-order valence-electron chi connectivity index (χ2n) is 6.09. The summed E-state index contributed by atoms with van der Waals surface area (Å²) in [6, 6.07) is 5.63. The quantitative estimate of drug-likeness (QED) is 0.863. The number of aryl methyl sites for hydroxylation is 1. The lowest BCUT2D eigenvalue weighted by molar-refractivity contribution is -0.118. The van der Waals surface area contributed by atoms with Crippen LogP contribution < -0.4 is 14.8 Å². The van der Waals surface area contributed by atoms with Crippen LogP contribution in [0.25, 0.3) is 0 Å². The van der Waals surface area contributed by atoms with Crippen LogP contribution in [0.1, 0.15) is 40.7 Å². The summed E-state index contributed by atoms with van der Waals surface area (Å²) in [4.78, 5) is 29.2. The fraction of sp³-hybridized carbons (Fsp3) is 0.353. The number of fused-ring (bicyclic) bond motifs is 1. The van der Waals surface area contributed by atoms with Crippen LogP contribution in [-0.4, -0.2) is 23.5 Å². The zero-order valence-electron chi connectivity index (χ0n) is 13.3. The number of thiazole rings is 1. The van der Waals surface area contributed by atoms with Crippen LogP contribution in [0.3, 0.4) is 0 Å². The van der Waals surface area contributed by atoms with Gasteiger partial charge in [0.1, 0.15) is 0 Å². The minimum Gasteiger partial charge on any atom is -0.454 e. The van der Waals surface area contributed by atoms with Gasteiger partial charge in [0, 0.05) is 6.92 Å². The summed E-state index contributed by atoms with van der Waals surface area (Å²) in [5.41, 5.74) is 1.02. The average Bonchev–Trinajstić information content (AvgIpc) is 3.08. The Morgan fingerprint density at radius 1 is 1.25 bits per heavy atom. The SMILES string of the molecule is CC(=O)c1sc(NC(=O)C2(c3ccc4c(c3)OCO4)CC2)nc1C. The van der Waals surface area contributed by atoms with Gasteiger partial charge >= 0.3 is 0 Å². The molecular formula is C17H16N2O4S. The number of ether oxygens (including phenoxy) is 2. The van der Waals surface area contributed by atoms with Crippen molar-refractivity contribution >= 4 is 28.2 Å². The largest absolute Gasteiger partial charge is 0.454 e. The average molecular weight is 344 g/mol. The fourth-order valence-electron chi connectivity index (χ4n) is 2.96. The lowest BCUT2D eigenvalue weighted by Gasteiger charge is -2.15. The summed E-state index contributed by atoms with van der Waals surface area (Å²) in [5.74, 6) is 1.25. The van der Waals surface area contributed by atoms with Gasteiger partial charge in [0.15, 0.2) is 22.4 Å². The second kappa shape index (κ2) is 5.31. The Balaban J connectivity index is 1.58. The van der Waals surface area contributed by atoms with E-state index < -0.39 is 5.41 Å². The molecule has 2 aromatic rings. The van der Waals surface area contributed by atoms with Crippen molar-refractivity contribution in [3.63, 3.8) is 0 Å². The van der Waals surface area contributed by atoms with Crippen LogP contribution in [0.4, 0.5) is 5.13 Å². The van der Waals surface area contributed by atoms with Crippen LogP contribution in [0, 0.1) is 6.92 Å². The number of rotatable bonds is 4. The van der Waals surface area contributed by atoms with Crippen molar-refractivity contribution in [3.8, 4) is 11.5 Å². The van der Waals surface area contributed by atoms with E-state index in [0.29, 0.717) is 27.2 Å². The zero-order valence-corrected chi connectivity index (χ0v) is 14.2. The van der Waals surface area contributed by atoms with Crippen molar-refractivity contribution in [2.75, 3.05) is 12.1 Å². The van der Waals surface area contributed by atoms with Crippen molar-refractivity contribution in [2.24, 2.45) is 0 Å². The second-order valence-corrected chi connectivity index (χ2v) is 7.09. The highest BCUT2D eigenvalue weighted by Crippen LogP contribution is 2.51. The van der Waals surface area contributed by atoms with Crippen molar-refractivity contribution in [1.82, 2.24) is 4.98 Å². The third-order valence-electron chi connectivity index (χ3n) is 4.45. The van der Waals surface area contributed by atoms with Crippen molar-refractivity contribution in [3.05, 3.63) is 34.3 Å². The standard InChI is InChI=1S/C17H16N2O4S/c1-9-14(10(2)20)24-16(18-9)19-15(21)17(5-6-17)11-3-4-12-13(7-11)23-8-22-12/h3-4,7H,5-6,8H2,1-2H3,(H,18,19,21). The van der Waals surface area contributed by atoms with E-state index in [1.807, 2.05) is 18.2 Å². The Bertz CT molecular complexity index is 854. The van der Waals surface area contributed by atoms with Gasteiger partial charge in [-0.2, -0.15) is 0 Å². The Kier molecular flexibility index (Phi) is 3.35. The van der Waals surface area contributed by atoms with E-state index >= 15 is 0 Å². The molecule has 0 spiro atoms. The Hall–Kier alpha value is -2.41. The number of nitrogens with one attached hydrogen (secondary N) is 1. The zero-order chi connectivity index (χ0) is 16.9. The van der Waals surface area contributed by atoms with Gasteiger partial charge < -0.3 is 14.8 Å². The molecule has 7 heteroatoms. The Morgan fingerprint density at radius 3 is 2.67 bits per heavy atom. The molecule has 0 saturated heterocycles. The number of ketones is 1. The molecule has 1 saturated carbocycles. The Labute approximate surface area is 142 Å². The maximum absolute atomic E-state index is 12.8. The van der Waals surface area contributed by atoms with E-state index in [0.717, 1.165) is 18.4 Å². The maximum Gasteiger partial charge on any atom is 0.236 e. The molecule has 1 aliphatic carbocycles. The predicted molar refractivity (Wildman–Crippen MR) is 89.0 cm³/mol. The van der Waals surface area contributed by atoms with Gasteiger partial charge in [-0.25, -0.2) is 4.98 Å². The number of carbonyl (C=O) groups excluding carboxylic acids is 2. The van der Waals surface area contributed by atoms with Gasteiger partial charge in [-0.1, -0.05) is 17.4 Å². The van der Waals surface area contributed by atoms with Crippen LogP contribution in [0.5, 0.6) is 11.5 Å². The van der Waals surface area contributed by atoms with E-state index in [9.17, 15) is 9.59 Å². The van der Waals surface area contributed by atoms with Gasteiger partial charge in [0.25, 0.3) is 0 Å². The molecule has 0 radical (unpaired) electrons. The van der Waals surface area contributed by atoms with Crippen LogP contribution in [0.15, 0.2) is 18.2 Å². The molecule has 0 unspecified atom stereocenters. The number of aromatic nitrogens is 1. The third-order valence-corrected chi connectivity index (χ3v) is 5.62. The molecule has 1 aromatic heterocycles. The van der Waals surface area contributed by atoms with Crippen LogP contribution in [0.2, 0.25) is 0 Å². The molecule has 1 N–H and O–H groups in total. The van der Waals surface area contributed by atoms with Gasteiger partial charge in [-0.3, -0.25) is 9.59 Å². The highest BCUT2D eigenvalue weighted by molar-refractivity contribution is 7.17. The van der Waals surface area contributed by atoms with Gasteiger partial charge in [0.05, 0.1) is 16.0 Å². The Morgan fingerprint density at radius 2 is 2.00 bits per heavy atom. The number of Topliss-reactive ketones (excluding diaryl/α,β-unsaturated/α-hetero) is 1. The molecule has 1 aromatic carbocycles. The lowest BCUT2D eigenvalue weighted by atomic mass is 9.94. The van der Waals surface area contributed by atoms with Crippen LogP contribution in [-0.2, 0) is 10.2 Å². The molecular weight excluding hydrogens is 328 g/mol. The van der Waals surface area contributed by atoms with Crippen molar-refractivity contribution in [1.29, 1.82) is 0 Å². The normalized spacial score (nSPS) is 16.8. The topological polar surface area (TPSA) is 77.5 Å². The van der Waals surface area contributed by atoms with Gasteiger partial charge in [-0.05, 0) is 37.5 Å². The molecule has 124 valence electrons. The van der Waals surface area contributed by atoms with Crippen LogP contribution >= 0.6 is 11.3 Å². The molecule has 4 rings (SSSR count). The number of carbonyl (C=O) groups is 2. The first-order valence-electron chi connectivity index (χ1n) is 7.69. The summed E-state index contributed by atoms with van der Waals surface area (Å²) in [5, 5.41) is 3.34. The molecule has 6 nitrogen and oxygen atoms in total. The van der Waals surface area contributed by atoms with E-state index in [4.69, 9.17) is 9.47 Å². The number of hydrogen-bond acceptors (Lipinski definition) is 6.